The van der Waals surface area contributed by atoms with E-state index in [2.05, 4.69) is 34.3 Å². The summed E-state index contributed by atoms with van der Waals surface area (Å²) in [6.07, 6.45) is 2.94. The second kappa shape index (κ2) is 8.98. The van der Waals surface area contributed by atoms with Crippen molar-refractivity contribution in [3.8, 4) is 0 Å². The lowest BCUT2D eigenvalue weighted by Crippen LogP contribution is -2.51. The number of rotatable bonds is 7. The normalized spacial score (nSPS) is 23.8. The van der Waals surface area contributed by atoms with Crippen LogP contribution in [0.2, 0.25) is 0 Å². The third-order valence-electron chi connectivity index (χ3n) is 6.13. The molecule has 5 nitrogen and oxygen atoms in total. The molecule has 3 rings (SSSR count). The van der Waals surface area contributed by atoms with Crippen LogP contribution in [0.3, 0.4) is 0 Å². The fourth-order valence-corrected chi connectivity index (χ4v) is 4.31. The SMILES string of the molecule is COCCN1CC[C@H](CNC(=O)C2(c3ccccc3)CCN(C)CC2)C1. The minimum absolute atomic E-state index is 0.215. The predicted molar refractivity (Wildman–Crippen MR) is 104 cm³/mol. The molecule has 2 heterocycles. The Morgan fingerprint density at radius 1 is 1.23 bits per heavy atom. The molecule has 1 N–H and O–H groups in total. The Kier molecular flexibility index (Phi) is 6.68. The van der Waals surface area contributed by atoms with Gasteiger partial charge < -0.3 is 19.9 Å². The summed E-state index contributed by atoms with van der Waals surface area (Å²) in [5.74, 6) is 0.766. The van der Waals surface area contributed by atoms with Crippen molar-refractivity contribution in [2.24, 2.45) is 5.92 Å². The molecule has 2 saturated heterocycles. The first-order valence-electron chi connectivity index (χ1n) is 9.88. The number of ether oxygens (including phenoxy) is 1. The molecule has 0 spiro atoms. The molecular weight excluding hydrogens is 326 g/mol. The number of carbonyl (C=O) groups is 1. The summed E-state index contributed by atoms with van der Waals surface area (Å²) in [6, 6.07) is 10.4. The van der Waals surface area contributed by atoms with E-state index in [9.17, 15) is 4.79 Å². The van der Waals surface area contributed by atoms with Crippen LogP contribution < -0.4 is 5.32 Å². The quantitative estimate of drug-likeness (QED) is 0.805. The van der Waals surface area contributed by atoms with Gasteiger partial charge in [-0.1, -0.05) is 30.3 Å². The highest BCUT2D eigenvalue weighted by Gasteiger charge is 2.42. The fourth-order valence-electron chi connectivity index (χ4n) is 4.31. The van der Waals surface area contributed by atoms with Gasteiger partial charge in [0.2, 0.25) is 5.91 Å². The summed E-state index contributed by atoms with van der Waals surface area (Å²) in [5, 5.41) is 3.31. The highest BCUT2D eigenvalue weighted by atomic mass is 16.5. The molecule has 1 amide bonds. The van der Waals surface area contributed by atoms with Gasteiger partial charge in [0.05, 0.1) is 12.0 Å². The van der Waals surface area contributed by atoms with Crippen LogP contribution in [0, 0.1) is 5.92 Å². The predicted octanol–water partition coefficient (Wildman–Crippen LogP) is 1.73. The second-order valence-corrected chi connectivity index (χ2v) is 7.91. The molecule has 5 heteroatoms. The van der Waals surface area contributed by atoms with Crippen molar-refractivity contribution in [2.75, 3.05) is 60.0 Å². The van der Waals surface area contributed by atoms with E-state index < -0.39 is 0 Å². The van der Waals surface area contributed by atoms with Crippen molar-refractivity contribution in [1.82, 2.24) is 15.1 Å². The number of benzene rings is 1. The lowest BCUT2D eigenvalue weighted by molar-refractivity contribution is -0.128. The van der Waals surface area contributed by atoms with Crippen molar-refractivity contribution in [1.29, 1.82) is 0 Å². The smallest absolute Gasteiger partial charge is 0.230 e. The topological polar surface area (TPSA) is 44.8 Å². The van der Waals surface area contributed by atoms with E-state index in [0.717, 1.165) is 65.1 Å². The average Bonchev–Trinajstić information content (AvgIpc) is 3.14. The largest absolute Gasteiger partial charge is 0.383 e. The lowest BCUT2D eigenvalue weighted by Gasteiger charge is -2.40. The molecule has 144 valence electrons. The maximum Gasteiger partial charge on any atom is 0.230 e. The van der Waals surface area contributed by atoms with Gasteiger partial charge in [0.25, 0.3) is 0 Å². The molecule has 0 saturated carbocycles. The van der Waals surface area contributed by atoms with Crippen LogP contribution >= 0.6 is 0 Å². The van der Waals surface area contributed by atoms with Gasteiger partial charge in [0, 0.05) is 26.7 Å². The van der Waals surface area contributed by atoms with Gasteiger partial charge in [-0.2, -0.15) is 0 Å². The van der Waals surface area contributed by atoms with Gasteiger partial charge in [-0.25, -0.2) is 0 Å². The standard InChI is InChI=1S/C21H33N3O2/c1-23-12-9-21(10-13-23,19-6-4-3-5-7-19)20(25)22-16-18-8-11-24(17-18)14-15-26-2/h3-7,18H,8-17H2,1-2H3,(H,22,25)/t18-/m1/s1. The van der Waals surface area contributed by atoms with Gasteiger partial charge in [0.1, 0.15) is 0 Å². The van der Waals surface area contributed by atoms with Crippen molar-refractivity contribution >= 4 is 5.91 Å². The number of nitrogens with zero attached hydrogens (tertiary/aromatic N) is 2. The Labute approximate surface area is 157 Å². The highest BCUT2D eigenvalue weighted by molar-refractivity contribution is 5.88. The molecule has 0 unspecified atom stereocenters. The molecule has 0 radical (unpaired) electrons. The molecule has 0 aliphatic carbocycles. The Morgan fingerprint density at radius 2 is 1.96 bits per heavy atom. The van der Waals surface area contributed by atoms with Gasteiger partial charge in [-0.15, -0.1) is 0 Å². The maximum atomic E-state index is 13.3. The van der Waals surface area contributed by atoms with Crippen molar-refractivity contribution in [2.45, 2.75) is 24.7 Å². The number of methoxy groups -OCH3 is 1. The number of likely N-dealkylation sites (tertiary alicyclic amines) is 2. The van der Waals surface area contributed by atoms with Crippen LogP contribution in [-0.2, 0) is 14.9 Å². The Bertz CT molecular complexity index is 570. The summed E-state index contributed by atoms with van der Waals surface area (Å²) in [5.41, 5.74) is 0.793. The summed E-state index contributed by atoms with van der Waals surface area (Å²) in [7, 11) is 3.89. The monoisotopic (exact) mass is 359 g/mol. The van der Waals surface area contributed by atoms with Crippen molar-refractivity contribution in [3.63, 3.8) is 0 Å². The number of piperidine rings is 1. The van der Waals surface area contributed by atoms with E-state index in [0.29, 0.717) is 5.92 Å². The third-order valence-corrected chi connectivity index (χ3v) is 6.13. The maximum absolute atomic E-state index is 13.3. The summed E-state index contributed by atoms with van der Waals surface area (Å²) < 4.78 is 5.17. The van der Waals surface area contributed by atoms with Crippen LogP contribution in [0.1, 0.15) is 24.8 Å². The first-order chi connectivity index (χ1) is 12.6. The Morgan fingerprint density at radius 3 is 2.65 bits per heavy atom. The molecule has 0 bridgehead atoms. The zero-order valence-corrected chi connectivity index (χ0v) is 16.2. The van der Waals surface area contributed by atoms with E-state index in [1.165, 1.54) is 5.56 Å². The number of nitrogens with one attached hydrogen (secondary N) is 1. The van der Waals surface area contributed by atoms with Crippen LogP contribution in [0.4, 0.5) is 0 Å². The van der Waals surface area contributed by atoms with Gasteiger partial charge >= 0.3 is 0 Å². The first-order valence-corrected chi connectivity index (χ1v) is 9.88. The molecule has 1 aromatic carbocycles. The average molecular weight is 360 g/mol. The summed E-state index contributed by atoms with van der Waals surface area (Å²) in [6.45, 7) is 6.66. The van der Waals surface area contributed by atoms with E-state index in [4.69, 9.17) is 4.74 Å². The van der Waals surface area contributed by atoms with Gasteiger partial charge in [-0.05, 0) is 57.4 Å². The minimum Gasteiger partial charge on any atom is -0.383 e. The first kappa shape index (κ1) is 19.3. The Hall–Kier alpha value is -1.43. The number of hydrogen-bond acceptors (Lipinski definition) is 4. The van der Waals surface area contributed by atoms with Crippen LogP contribution in [0.5, 0.6) is 0 Å². The highest BCUT2D eigenvalue weighted by Crippen LogP contribution is 2.35. The van der Waals surface area contributed by atoms with Crippen LogP contribution in [0.15, 0.2) is 30.3 Å². The molecule has 1 atom stereocenters. The van der Waals surface area contributed by atoms with Crippen molar-refractivity contribution in [3.05, 3.63) is 35.9 Å². The third kappa shape index (κ3) is 4.45. The van der Waals surface area contributed by atoms with E-state index >= 15 is 0 Å². The molecule has 2 fully saturated rings. The lowest BCUT2D eigenvalue weighted by atomic mass is 9.72. The van der Waals surface area contributed by atoms with E-state index in [-0.39, 0.29) is 11.3 Å². The van der Waals surface area contributed by atoms with E-state index in [1.54, 1.807) is 7.11 Å². The zero-order valence-electron chi connectivity index (χ0n) is 16.2. The molecular formula is C21H33N3O2. The molecule has 2 aliphatic heterocycles. The molecule has 0 aromatic heterocycles. The second-order valence-electron chi connectivity index (χ2n) is 7.91. The summed E-state index contributed by atoms with van der Waals surface area (Å²) in [4.78, 5) is 18.0. The molecule has 2 aliphatic rings. The summed E-state index contributed by atoms with van der Waals surface area (Å²) >= 11 is 0. The minimum atomic E-state index is -0.373. The molecule has 1 aromatic rings. The van der Waals surface area contributed by atoms with Gasteiger partial charge in [-0.3, -0.25) is 4.79 Å². The van der Waals surface area contributed by atoms with Crippen LogP contribution in [0.25, 0.3) is 0 Å². The zero-order chi connectivity index (χ0) is 18.4. The fraction of sp³-hybridized carbons (Fsp3) is 0.667. The number of amides is 1. The van der Waals surface area contributed by atoms with E-state index in [1.807, 2.05) is 18.2 Å². The molecule has 26 heavy (non-hydrogen) atoms. The van der Waals surface area contributed by atoms with Crippen molar-refractivity contribution < 1.29 is 9.53 Å². The number of carbonyl (C=O) groups excluding carboxylic acids is 1. The van der Waals surface area contributed by atoms with Gasteiger partial charge in [0.15, 0.2) is 0 Å². The Balaban J connectivity index is 1.60. The van der Waals surface area contributed by atoms with Crippen LogP contribution in [-0.4, -0.2) is 75.7 Å². The number of hydrogen-bond donors (Lipinski definition) is 1.